The highest BCUT2D eigenvalue weighted by Crippen LogP contribution is 2.23. The number of hydrogen-bond acceptors (Lipinski definition) is 3. The van der Waals surface area contributed by atoms with Crippen LogP contribution in [0.3, 0.4) is 0 Å². The molecule has 1 unspecified atom stereocenters. The lowest BCUT2D eigenvalue weighted by atomic mass is 10.2. The molecule has 0 heterocycles. The first-order chi connectivity index (χ1) is 8.95. The number of nitrogens with two attached hydrogens (primary N) is 1. The van der Waals surface area contributed by atoms with Crippen molar-refractivity contribution in [3.8, 4) is 0 Å². The molecule has 108 valence electrons. The zero-order valence-corrected chi connectivity index (χ0v) is 11.1. The second-order valence-electron chi connectivity index (χ2n) is 4.78. The Hall–Kier alpha value is -1.79. The molecule has 3 amide bonds. The number of aliphatic carboxylic acids is 1. The van der Waals surface area contributed by atoms with Gasteiger partial charge in [-0.25, -0.2) is 9.59 Å². The van der Waals surface area contributed by atoms with Crippen LogP contribution in [0, 0.1) is 0 Å². The van der Waals surface area contributed by atoms with E-state index in [0.29, 0.717) is 0 Å². The number of carbonyl (C=O) groups excluding carboxylic acids is 2. The van der Waals surface area contributed by atoms with Crippen molar-refractivity contribution in [1.82, 2.24) is 10.2 Å². The van der Waals surface area contributed by atoms with E-state index >= 15 is 0 Å². The van der Waals surface area contributed by atoms with Crippen molar-refractivity contribution >= 4 is 17.9 Å². The highest BCUT2D eigenvalue weighted by molar-refractivity contribution is 5.86. The molecule has 1 aliphatic rings. The van der Waals surface area contributed by atoms with Gasteiger partial charge in [0.25, 0.3) is 0 Å². The van der Waals surface area contributed by atoms with Gasteiger partial charge in [0.15, 0.2) is 0 Å². The quantitative estimate of drug-likeness (QED) is 0.644. The van der Waals surface area contributed by atoms with Crippen LogP contribution in [0.2, 0.25) is 0 Å². The fourth-order valence-electron chi connectivity index (χ4n) is 2.32. The molecule has 1 aliphatic carbocycles. The van der Waals surface area contributed by atoms with Crippen molar-refractivity contribution < 1.29 is 19.5 Å². The van der Waals surface area contributed by atoms with Gasteiger partial charge in [-0.2, -0.15) is 0 Å². The Kier molecular flexibility index (Phi) is 5.59. The van der Waals surface area contributed by atoms with Gasteiger partial charge in [-0.3, -0.25) is 4.79 Å². The molecule has 0 radical (unpaired) electrons. The molecular weight excluding hydrogens is 250 g/mol. The van der Waals surface area contributed by atoms with Gasteiger partial charge in [0.2, 0.25) is 5.91 Å². The fraction of sp³-hybridized carbons (Fsp3) is 0.750. The summed E-state index contributed by atoms with van der Waals surface area (Å²) in [5.41, 5.74) is 5.14. The van der Waals surface area contributed by atoms with Gasteiger partial charge in [0.05, 0.1) is 0 Å². The fourth-order valence-corrected chi connectivity index (χ4v) is 2.32. The van der Waals surface area contributed by atoms with Gasteiger partial charge in [0, 0.05) is 6.04 Å². The van der Waals surface area contributed by atoms with Crippen LogP contribution in [-0.4, -0.2) is 46.5 Å². The maximum atomic E-state index is 12.1. The van der Waals surface area contributed by atoms with E-state index in [1.54, 1.807) is 6.92 Å². The van der Waals surface area contributed by atoms with Gasteiger partial charge >= 0.3 is 12.0 Å². The zero-order chi connectivity index (χ0) is 14.4. The summed E-state index contributed by atoms with van der Waals surface area (Å²) < 4.78 is 0. The Morgan fingerprint density at radius 1 is 1.37 bits per heavy atom. The van der Waals surface area contributed by atoms with Crippen LogP contribution in [-0.2, 0) is 9.59 Å². The topological polar surface area (TPSA) is 113 Å². The Morgan fingerprint density at radius 2 is 1.95 bits per heavy atom. The number of carbonyl (C=O) groups is 3. The second-order valence-corrected chi connectivity index (χ2v) is 4.78. The number of nitrogens with zero attached hydrogens (tertiary/aromatic N) is 1. The summed E-state index contributed by atoms with van der Waals surface area (Å²) in [6, 6.07) is -1.50. The SMILES string of the molecule is CCC(NC(=O)N(CC(N)=O)C1CCCC1)C(=O)O. The Balaban J connectivity index is 2.70. The predicted octanol–water partition coefficient (Wildman–Crippen LogP) is 0.289. The third-order valence-electron chi connectivity index (χ3n) is 3.36. The molecule has 0 aromatic carbocycles. The molecule has 0 aromatic rings. The highest BCUT2D eigenvalue weighted by atomic mass is 16.4. The minimum absolute atomic E-state index is 0.0289. The van der Waals surface area contributed by atoms with E-state index in [2.05, 4.69) is 5.32 Å². The lowest BCUT2D eigenvalue weighted by Crippen LogP contribution is -2.52. The van der Waals surface area contributed by atoms with Gasteiger partial charge in [0.1, 0.15) is 12.6 Å². The van der Waals surface area contributed by atoms with Crippen LogP contribution in [0.1, 0.15) is 39.0 Å². The molecule has 1 fully saturated rings. The van der Waals surface area contributed by atoms with Crippen LogP contribution in [0.5, 0.6) is 0 Å². The average molecular weight is 271 g/mol. The number of nitrogens with one attached hydrogen (secondary N) is 1. The molecule has 19 heavy (non-hydrogen) atoms. The second kappa shape index (κ2) is 6.96. The Morgan fingerprint density at radius 3 is 2.37 bits per heavy atom. The van der Waals surface area contributed by atoms with E-state index < -0.39 is 23.9 Å². The lowest BCUT2D eigenvalue weighted by Gasteiger charge is -2.29. The number of hydrogen-bond donors (Lipinski definition) is 3. The van der Waals surface area contributed by atoms with E-state index in [-0.39, 0.29) is 19.0 Å². The van der Waals surface area contributed by atoms with Crippen molar-refractivity contribution in [2.24, 2.45) is 5.73 Å². The van der Waals surface area contributed by atoms with Gasteiger partial charge in [-0.15, -0.1) is 0 Å². The zero-order valence-electron chi connectivity index (χ0n) is 11.1. The summed E-state index contributed by atoms with van der Waals surface area (Å²) in [6.07, 6.45) is 3.94. The first-order valence-electron chi connectivity index (χ1n) is 6.54. The first kappa shape index (κ1) is 15.3. The van der Waals surface area contributed by atoms with Crippen LogP contribution in [0.4, 0.5) is 4.79 Å². The number of urea groups is 1. The largest absolute Gasteiger partial charge is 0.480 e. The smallest absolute Gasteiger partial charge is 0.326 e. The summed E-state index contributed by atoms with van der Waals surface area (Å²) in [4.78, 5) is 35.4. The molecule has 4 N–H and O–H groups in total. The van der Waals surface area contributed by atoms with E-state index in [1.165, 1.54) is 4.90 Å². The van der Waals surface area contributed by atoms with Crippen LogP contribution in [0.15, 0.2) is 0 Å². The van der Waals surface area contributed by atoms with E-state index in [4.69, 9.17) is 10.8 Å². The summed E-state index contributed by atoms with van der Waals surface area (Å²) >= 11 is 0. The van der Waals surface area contributed by atoms with Crippen molar-refractivity contribution in [2.45, 2.75) is 51.1 Å². The van der Waals surface area contributed by atoms with Crippen molar-refractivity contribution in [1.29, 1.82) is 0 Å². The Bertz CT molecular complexity index is 353. The molecule has 7 nitrogen and oxygen atoms in total. The molecule has 7 heteroatoms. The molecular formula is C12H21N3O4. The number of carboxylic acid groups (broad SMARTS) is 1. The highest BCUT2D eigenvalue weighted by Gasteiger charge is 2.29. The molecule has 0 aromatic heterocycles. The van der Waals surface area contributed by atoms with Crippen LogP contribution in [0.25, 0.3) is 0 Å². The monoisotopic (exact) mass is 271 g/mol. The van der Waals surface area contributed by atoms with E-state index in [1.807, 2.05) is 0 Å². The van der Waals surface area contributed by atoms with Crippen molar-refractivity contribution in [2.75, 3.05) is 6.54 Å². The van der Waals surface area contributed by atoms with Crippen LogP contribution >= 0.6 is 0 Å². The standard InChI is InChI=1S/C12H21N3O4/c1-2-9(11(17)18)14-12(19)15(7-10(13)16)8-5-3-4-6-8/h8-9H,2-7H2,1H3,(H2,13,16)(H,14,19)(H,17,18). The number of primary amides is 1. The molecule has 1 atom stereocenters. The third-order valence-corrected chi connectivity index (χ3v) is 3.36. The molecule has 1 rings (SSSR count). The first-order valence-corrected chi connectivity index (χ1v) is 6.54. The summed E-state index contributed by atoms with van der Waals surface area (Å²) in [5.74, 6) is -1.67. The van der Waals surface area contributed by atoms with Crippen molar-refractivity contribution in [3.05, 3.63) is 0 Å². The number of carboxylic acids is 1. The minimum atomic E-state index is -1.08. The van der Waals surface area contributed by atoms with Crippen LogP contribution < -0.4 is 11.1 Å². The summed E-state index contributed by atoms with van der Waals surface area (Å²) in [7, 11) is 0. The van der Waals surface area contributed by atoms with E-state index in [9.17, 15) is 14.4 Å². The molecule has 0 bridgehead atoms. The number of amides is 3. The van der Waals surface area contributed by atoms with Gasteiger partial charge in [-0.1, -0.05) is 19.8 Å². The normalized spacial score (nSPS) is 16.9. The summed E-state index contributed by atoms with van der Waals surface area (Å²) in [6.45, 7) is 1.50. The number of rotatable bonds is 6. The lowest BCUT2D eigenvalue weighted by molar-refractivity contribution is -0.139. The van der Waals surface area contributed by atoms with E-state index in [0.717, 1.165) is 25.7 Å². The predicted molar refractivity (Wildman–Crippen MR) is 68.4 cm³/mol. The third kappa shape index (κ3) is 4.42. The maximum Gasteiger partial charge on any atom is 0.326 e. The molecule has 0 aliphatic heterocycles. The molecule has 0 spiro atoms. The maximum absolute atomic E-state index is 12.1. The average Bonchev–Trinajstić information content (AvgIpc) is 2.85. The van der Waals surface area contributed by atoms with Gasteiger partial charge < -0.3 is 21.1 Å². The Labute approximate surface area is 112 Å². The molecule has 0 saturated heterocycles. The summed E-state index contributed by atoms with van der Waals surface area (Å²) in [5, 5.41) is 11.4. The minimum Gasteiger partial charge on any atom is -0.480 e. The molecule has 1 saturated carbocycles. The van der Waals surface area contributed by atoms with Crippen molar-refractivity contribution in [3.63, 3.8) is 0 Å². The van der Waals surface area contributed by atoms with Gasteiger partial charge in [-0.05, 0) is 19.3 Å².